The van der Waals surface area contributed by atoms with E-state index in [1.165, 1.54) is 0 Å². The van der Waals surface area contributed by atoms with Crippen molar-refractivity contribution in [1.82, 2.24) is 9.47 Å². The van der Waals surface area contributed by atoms with Gasteiger partial charge in [0.05, 0.1) is 19.1 Å². The second kappa shape index (κ2) is 9.37. The maximum atomic E-state index is 12.8. The van der Waals surface area contributed by atoms with Crippen LogP contribution in [0.25, 0.3) is 10.9 Å². The molecular formula is C22H31ClN4O3. The Labute approximate surface area is 183 Å². The summed E-state index contributed by atoms with van der Waals surface area (Å²) in [6, 6.07) is 7.79. The quantitative estimate of drug-likeness (QED) is 0.774. The van der Waals surface area contributed by atoms with Gasteiger partial charge in [0.1, 0.15) is 6.54 Å². The molecule has 2 aliphatic rings. The van der Waals surface area contributed by atoms with Crippen LogP contribution in [0.5, 0.6) is 0 Å². The molecule has 1 aromatic heterocycles. The van der Waals surface area contributed by atoms with Crippen LogP contribution in [0.3, 0.4) is 0 Å². The number of morpholine rings is 1. The first-order valence-electron chi connectivity index (χ1n) is 10.5. The van der Waals surface area contributed by atoms with E-state index in [0.29, 0.717) is 32.8 Å². The van der Waals surface area contributed by atoms with E-state index in [9.17, 15) is 9.59 Å². The van der Waals surface area contributed by atoms with Gasteiger partial charge in [-0.15, -0.1) is 12.4 Å². The van der Waals surface area contributed by atoms with E-state index in [2.05, 4.69) is 5.32 Å². The van der Waals surface area contributed by atoms with Crippen molar-refractivity contribution in [3.63, 3.8) is 0 Å². The van der Waals surface area contributed by atoms with Crippen LogP contribution in [-0.4, -0.2) is 53.1 Å². The summed E-state index contributed by atoms with van der Waals surface area (Å²) in [6.07, 6.45) is 5.77. The summed E-state index contributed by atoms with van der Waals surface area (Å²) in [4.78, 5) is 27.2. The first-order valence-corrected chi connectivity index (χ1v) is 10.5. The number of halogens is 1. The Hall–Kier alpha value is -2.09. The molecule has 4 rings (SSSR count). The van der Waals surface area contributed by atoms with Gasteiger partial charge in [-0.05, 0) is 44.0 Å². The molecule has 2 fully saturated rings. The van der Waals surface area contributed by atoms with Gasteiger partial charge in [-0.2, -0.15) is 0 Å². The number of nitrogens with one attached hydrogen (secondary N) is 1. The molecule has 1 saturated heterocycles. The van der Waals surface area contributed by atoms with Crippen molar-refractivity contribution in [2.75, 3.05) is 31.6 Å². The molecule has 7 nitrogen and oxygen atoms in total. The van der Waals surface area contributed by atoms with Crippen molar-refractivity contribution in [2.45, 2.75) is 44.7 Å². The lowest BCUT2D eigenvalue weighted by Crippen LogP contribution is -2.51. The summed E-state index contributed by atoms with van der Waals surface area (Å²) in [7, 11) is 0. The van der Waals surface area contributed by atoms with Crippen molar-refractivity contribution < 1.29 is 14.3 Å². The Morgan fingerprint density at radius 2 is 2.00 bits per heavy atom. The lowest BCUT2D eigenvalue weighted by molar-refractivity contribution is -0.135. The van der Waals surface area contributed by atoms with Crippen LogP contribution in [0.1, 0.15) is 32.6 Å². The molecule has 1 aliphatic carbocycles. The van der Waals surface area contributed by atoms with Crippen molar-refractivity contribution in [3.05, 3.63) is 30.5 Å². The van der Waals surface area contributed by atoms with E-state index in [0.717, 1.165) is 42.3 Å². The zero-order valence-electron chi connectivity index (χ0n) is 17.4. The van der Waals surface area contributed by atoms with Crippen LogP contribution in [0.15, 0.2) is 30.5 Å². The van der Waals surface area contributed by atoms with Crippen LogP contribution in [-0.2, 0) is 20.9 Å². The largest absolute Gasteiger partial charge is 0.378 e. The third kappa shape index (κ3) is 4.79. The number of hydrogen-bond acceptors (Lipinski definition) is 4. The molecule has 1 aliphatic heterocycles. The fraction of sp³-hybridized carbons (Fsp3) is 0.545. The summed E-state index contributed by atoms with van der Waals surface area (Å²) in [5, 5.41) is 4.04. The number of anilines is 1. The van der Waals surface area contributed by atoms with E-state index in [-0.39, 0.29) is 30.1 Å². The molecule has 2 unspecified atom stereocenters. The Morgan fingerprint density at radius 3 is 2.73 bits per heavy atom. The highest BCUT2D eigenvalue weighted by atomic mass is 35.5. The average Bonchev–Trinajstić information content (AvgIpc) is 3.10. The third-order valence-corrected chi connectivity index (χ3v) is 6.28. The van der Waals surface area contributed by atoms with Gasteiger partial charge in [-0.3, -0.25) is 9.59 Å². The predicted octanol–water partition coefficient (Wildman–Crippen LogP) is 2.77. The van der Waals surface area contributed by atoms with Crippen LogP contribution < -0.4 is 11.1 Å². The molecular weight excluding hydrogens is 404 g/mol. The number of carbonyl (C=O) groups excluding carboxylic acids is 2. The second-order valence-electron chi connectivity index (χ2n) is 8.50. The monoisotopic (exact) mass is 434 g/mol. The molecule has 1 saturated carbocycles. The summed E-state index contributed by atoms with van der Waals surface area (Å²) in [5.41, 5.74) is 7.66. The predicted molar refractivity (Wildman–Crippen MR) is 120 cm³/mol. The first-order chi connectivity index (χ1) is 13.9. The third-order valence-electron chi connectivity index (χ3n) is 6.28. The van der Waals surface area contributed by atoms with Crippen molar-refractivity contribution >= 4 is 40.8 Å². The lowest BCUT2D eigenvalue weighted by Gasteiger charge is -2.37. The van der Waals surface area contributed by atoms with Crippen molar-refractivity contribution in [1.29, 1.82) is 0 Å². The Bertz CT molecular complexity index is 905. The molecule has 30 heavy (non-hydrogen) atoms. The minimum Gasteiger partial charge on any atom is -0.378 e. The minimum atomic E-state index is -0.449. The molecule has 0 bridgehead atoms. The number of amides is 2. The van der Waals surface area contributed by atoms with Gasteiger partial charge in [-0.1, -0.05) is 12.8 Å². The number of benzene rings is 1. The van der Waals surface area contributed by atoms with E-state index < -0.39 is 5.54 Å². The van der Waals surface area contributed by atoms with Crippen molar-refractivity contribution in [3.8, 4) is 0 Å². The number of nitrogens with zero attached hydrogens (tertiary/aromatic N) is 2. The number of nitrogens with two attached hydrogens (primary N) is 1. The van der Waals surface area contributed by atoms with Gasteiger partial charge < -0.3 is 25.3 Å². The molecule has 3 N–H and O–H groups in total. The highest BCUT2D eigenvalue weighted by molar-refractivity contribution is 5.96. The molecule has 2 atom stereocenters. The molecule has 1 aromatic carbocycles. The average molecular weight is 435 g/mol. The van der Waals surface area contributed by atoms with Gasteiger partial charge in [0.25, 0.3) is 0 Å². The van der Waals surface area contributed by atoms with Gasteiger partial charge in [0, 0.05) is 41.4 Å². The number of ether oxygens (including phenoxy) is 1. The van der Waals surface area contributed by atoms with Crippen LogP contribution >= 0.6 is 12.4 Å². The number of fused-ring (bicyclic) bond motifs is 1. The standard InChI is InChI=1S/C22H30N4O3.ClH/c1-22(23)8-3-2-4-18(22)21(28)24-17-5-6-19-16(14-17)7-9-26(19)15-20(27)25-10-12-29-13-11-25;/h5-7,9,14,18H,2-4,8,10-13,15,23H2,1H3,(H,24,28);1H. The molecule has 2 heterocycles. The first kappa shape index (κ1) is 22.6. The molecule has 2 amide bonds. The normalized spacial score (nSPS) is 24.3. The summed E-state index contributed by atoms with van der Waals surface area (Å²) >= 11 is 0. The topological polar surface area (TPSA) is 89.6 Å². The van der Waals surface area contributed by atoms with E-state index >= 15 is 0 Å². The number of carbonyl (C=O) groups is 2. The van der Waals surface area contributed by atoms with Gasteiger partial charge in [0.15, 0.2) is 0 Å². The lowest BCUT2D eigenvalue weighted by atomic mass is 9.74. The SMILES string of the molecule is CC1(N)CCCCC1C(=O)Nc1ccc2c(ccn2CC(=O)N2CCOCC2)c1.Cl. The van der Waals surface area contributed by atoms with Crippen molar-refractivity contribution in [2.24, 2.45) is 11.7 Å². The van der Waals surface area contributed by atoms with Gasteiger partial charge in [0.2, 0.25) is 11.8 Å². The maximum Gasteiger partial charge on any atom is 0.242 e. The summed E-state index contributed by atoms with van der Waals surface area (Å²) in [6.45, 7) is 4.78. The maximum absolute atomic E-state index is 12.8. The Kier molecular flexibility index (Phi) is 7.06. The minimum absolute atomic E-state index is 0. The van der Waals surface area contributed by atoms with Gasteiger partial charge >= 0.3 is 0 Å². The fourth-order valence-electron chi connectivity index (χ4n) is 4.49. The number of hydrogen-bond donors (Lipinski definition) is 2. The van der Waals surface area contributed by atoms with Crippen LogP contribution in [0.2, 0.25) is 0 Å². The zero-order chi connectivity index (χ0) is 20.4. The molecule has 8 heteroatoms. The highest BCUT2D eigenvalue weighted by Crippen LogP contribution is 2.32. The fourth-order valence-corrected chi connectivity index (χ4v) is 4.49. The van der Waals surface area contributed by atoms with Crippen LogP contribution in [0, 0.1) is 5.92 Å². The Morgan fingerprint density at radius 1 is 1.23 bits per heavy atom. The van der Waals surface area contributed by atoms with E-state index in [4.69, 9.17) is 10.5 Å². The summed E-state index contributed by atoms with van der Waals surface area (Å²) in [5.74, 6) is -0.0682. The van der Waals surface area contributed by atoms with Gasteiger partial charge in [-0.25, -0.2) is 0 Å². The number of rotatable bonds is 4. The second-order valence-corrected chi connectivity index (χ2v) is 8.50. The summed E-state index contributed by atoms with van der Waals surface area (Å²) < 4.78 is 7.27. The molecule has 164 valence electrons. The van der Waals surface area contributed by atoms with E-state index in [1.807, 2.05) is 46.9 Å². The highest BCUT2D eigenvalue weighted by Gasteiger charge is 2.37. The molecule has 0 spiro atoms. The molecule has 0 radical (unpaired) electrons. The smallest absolute Gasteiger partial charge is 0.242 e. The zero-order valence-corrected chi connectivity index (χ0v) is 18.2. The molecule has 2 aromatic rings. The Balaban J connectivity index is 0.00000256. The number of aromatic nitrogens is 1. The van der Waals surface area contributed by atoms with E-state index in [1.54, 1.807) is 0 Å². The van der Waals surface area contributed by atoms with Crippen LogP contribution in [0.4, 0.5) is 5.69 Å².